The Morgan fingerprint density at radius 3 is 2.32 bits per heavy atom. The first-order chi connectivity index (χ1) is 15.2. The molecule has 0 bridgehead atoms. The van der Waals surface area contributed by atoms with Gasteiger partial charge in [0.1, 0.15) is 0 Å². The fraction of sp³-hybridized carbons (Fsp3) is 0.500. The van der Waals surface area contributed by atoms with Crippen molar-refractivity contribution in [2.75, 3.05) is 26.2 Å². The topological polar surface area (TPSA) is 78.4 Å². The lowest BCUT2D eigenvalue weighted by atomic mass is 9.92. The Morgan fingerprint density at radius 2 is 1.65 bits per heavy atom. The maximum atomic E-state index is 12.6. The normalized spacial score (nSPS) is 18.6. The number of carbonyl (C=O) groups is 2. The van der Waals surface area contributed by atoms with Crippen molar-refractivity contribution in [1.29, 1.82) is 0 Å². The van der Waals surface area contributed by atoms with E-state index >= 15 is 0 Å². The molecule has 2 aromatic rings. The summed E-state index contributed by atoms with van der Waals surface area (Å²) in [6, 6.07) is 8.19. The maximum absolute atomic E-state index is 12.6. The van der Waals surface area contributed by atoms with Gasteiger partial charge in [-0.1, -0.05) is 6.07 Å². The highest BCUT2D eigenvalue weighted by Crippen LogP contribution is 2.24. The lowest BCUT2D eigenvalue weighted by molar-refractivity contribution is -0.132. The molecule has 2 fully saturated rings. The maximum Gasteiger partial charge on any atom is 0.226 e. The predicted octanol–water partition coefficient (Wildman–Crippen LogP) is 2.04. The predicted molar refractivity (Wildman–Crippen MR) is 118 cm³/mol. The minimum absolute atomic E-state index is 0.0925. The van der Waals surface area contributed by atoms with E-state index in [1.165, 1.54) is 0 Å². The first kappa shape index (κ1) is 21.4. The largest absolute Gasteiger partial charge is 0.352 e. The zero-order valence-corrected chi connectivity index (χ0v) is 17.9. The van der Waals surface area contributed by atoms with Crippen molar-refractivity contribution >= 4 is 11.8 Å². The molecule has 4 heterocycles. The molecule has 2 aromatic heterocycles. The SMILES string of the molecule is O=C(NCc1cccnc1)C1CCN(C2CCN(C(=O)Cc3ccncc3)CC2)CC1. The Hall–Kier alpha value is -2.80. The molecule has 7 heteroatoms. The fourth-order valence-electron chi connectivity index (χ4n) is 4.63. The van der Waals surface area contributed by atoms with E-state index in [2.05, 4.69) is 20.2 Å². The molecule has 2 aliphatic rings. The molecular weight excluding hydrogens is 390 g/mol. The molecule has 0 saturated carbocycles. The van der Waals surface area contributed by atoms with Gasteiger partial charge < -0.3 is 15.1 Å². The van der Waals surface area contributed by atoms with Crippen molar-refractivity contribution < 1.29 is 9.59 Å². The number of hydrogen-bond acceptors (Lipinski definition) is 5. The third-order valence-corrected chi connectivity index (χ3v) is 6.53. The summed E-state index contributed by atoms with van der Waals surface area (Å²) in [5.74, 6) is 0.448. The van der Waals surface area contributed by atoms with Gasteiger partial charge in [0, 0.05) is 56.4 Å². The molecule has 0 unspecified atom stereocenters. The molecule has 4 rings (SSSR count). The van der Waals surface area contributed by atoms with Crippen molar-refractivity contribution in [3.8, 4) is 0 Å². The second-order valence-corrected chi connectivity index (χ2v) is 8.53. The van der Waals surface area contributed by atoms with Gasteiger partial charge in [0.15, 0.2) is 0 Å². The summed E-state index contributed by atoms with van der Waals surface area (Å²) >= 11 is 0. The van der Waals surface area contributed by atoms with Gasteiger partial charge in [-0.05, 0) is 68.1 Å². The fourth-order valence-corrected chi connectivity index (χ4v) is 4.63. The first-order valence-electron chi connectivity index (χ1n) is 11.3. The Balaban J connectivity index is 1.17. The standard InChI is InChI=1S/C24H31N5O2/c30-23(16-19-3-10-25-11-4-19)29-14-7-22(8-15-29)28-12-5-21(6-13-28)24(31)27-18-20-2-1-9-26-17-20/h1-4,9-11,17,21-22H,5-8,12-16,18H2,(H,27,31). The third-order valence-electron chi connectivity index (χ3n) is 6.53. The van der Waals surface area contributed by atoms with Gasteiger partial charge >= 0.3 is 0 Å². The van der Waals surface area contributed by atoms with Gasteiger partial charge in [-0.3, -0.25) is 19.6 Å². The van der Waals surface area contributed by atoms with E-state index < -0.39 is 0 Å². The van der Waals surface area contributed by atoms with Crippen LogP contribution in [0.4, 0.5) is 0 Å². The molecule has 0 spiro atoms. The lowest BCUT2D eigenvalue weighted by Gasteiger charge is -2.41. The molecule has 2 amide bonds. The van der Waals surface area contributed by atoms with Crippen LogP contribution >= 0.6 is 0 Å². The molecule has 2 saturated heterocycles. The summed E-state index contributed by atoms with van der Waals surface area (Å²) in [5.41, 5.74) is 2.05. The third kappa shape index (κ3) is 5.88. The van der Waals surface area contributed by atoms with E-state index in [0.29, 0.717) is 19.0 Å². The average molecular weight is 422 g/mol. The van der Waals surface area contributed by atoms with E-state index in [4.69, 9.17) is 0 Å². The highest BCUT2D eigenvalue weighted by Gasteiger charge is 2.31. The number of carbonyl (C=O) groups excluding carboxylic acids is 2. The van der Waals surface area contributed by atoms with Gasteiger partial charge in [0.25, 0.3) is 0 Å². The zero-order valence-electron chi connectivity index (χ0n) is 17.9. The molecular formula is C24H31N5O2. The Kier molecular flexibility index (Phi) is 7.25. The van der Waals surface area contributed by atoms with E-state index in [-0.39, 0.29) is 17.7 Å². The first-order valence-corrected chi connectivity index (χ1v) is 11.3. The van der Waals surface area contributed by atoms with E-state index in [9.17, 15) is 9.59 Å². The summed E-state index contributed by atoms with van der Waals surface area (Å²) in [5, 5.41) is 3.06. The number of nitrogens with one attached hydrogen (secondary N) is 1. The highest BCUT2D eigenvalue weighted by molar-refractivity contribution is 5.79. The number of likely N-dealkylation sites (tertiary alicyclic amines) is 2. The van der Waals surface area contributed by atoms with Crippen LogP contribution in [-0.4, -0.2) is 63.8 Å². The van der Waals surface area contributed by atoms with Crippen molar-refractivity contribution in [2.24, 2.45) is 5.92 Å². The van der Waals surface area contributed by atoms with Crippen molar-refractivity contribution in [3.05, 3.63) is 60.2 Å². The lowest BCUT2D eigenvalue weighted by Crippen LogP contribution is -2.50. The summed E-state index contributed by atoms with van der Waals surface area (Å²) < 4.78 is 0. The number of rotatable bonds is 6. The Morgan fingerprint density at radius 1 is 0.903 bits per heavy atom. The molecule has 0 aromatic carbocycles. The quantitative estimate of drug-likeness (QED) is 0.772. The van der Waals surface area contributed by atoms with Crippen LogP contribution in [0.5, 0.6) is 0 Å². The van der Waals surface area contributed by atoms with Crippen LogP contribution in [0, 0.1) is 5.92 Å². The van der Waals surface area contributed by atoms with Crippen LogP contribution in [-0.2, 0) is 22.6 Å². The van der Waals surface area contributed by atoms with Gasteiger partial charge in [-0.15, -0.1) is 0 Å². The van der Waals surface area contributed by atoms with Crippen LogP contribution in [0.1, 0.15) is 36.8 Å². The summed E-state index contributed by atoms with van der Waals surface area (Å²) in [4.78, 5) is 37.7. The minimum Gasteiger partial charge on any atom is -0.352 e. The van der Waals surface area contributed by atoms with Crippen LogP contribution in [0.2, 0.25) is 0 Å². The molecule has 7 nitrogen and oxygen atoms in total. The number of aromatic nitrogens is 2. The van der Waals surface area contributed by atoms with E-state index in [0.717, 1.165) is 63.0 Å². The highest BCUT2D eigenvalue weighted by atomic mass is 16.2. The smallest absolute Gasteiger partial charge is 0.226 e. The molecule has 0 atom stereocenters. The van der Waals surface area contributed by atoms with Gasteiger partial charge in [0.05, 0.1) is 6.42 Å². The number of piperidine rings is 2. The zero-order chi connectivity index (χ0) is 21.5. The Bertz CT molecular complexity index is 845. The summed E-state index contributed by atoms with van der Waals surface area (Å²) in [6.45, 7) is 4.10. The van der Waals surface area contributed by atoms with Crippen molar-refractivity contribution in [3.63, 3.8) is 0 Å². The number of nitrogens with zero attached hydrogens (tertiary/aromatic N) is 4. The molecule has 31 heavy (non-hydrogen) atoms. The average Bonchev–Trinajstić information content (AvgIpc) is 2.84. The van der Waals surface area contributed by atoms with Gasteiger partial charge in [0.2, 0.25) is 11.8 Å². The number of amides is 2. The monoisotopic (exact) mass is 421 g/mol. The van der Waals surface area contributed by atoms with E-state index in [1.807, 2.05) is 29.2 Å². The minimum atomic E-state index is 0.0925. The second-order valence-electron chi connectivity index (χ2n) is 8.53. The van der Waals surface area contributed by atoms with Crippen LogP contribution in [0.15, 0.2) is 49.1 Å². The van der Waals surface area contributed by atoms with Crippen LogP contribution in [0.3, 0.4) is 0 Å². The molecule has 0 aliphatic carbocycles. The number of hydrogen-bond donors (Lipinski definition) is 1. The molecule has 2 aliphatic heterocycles. The molecule has 0 radical (unpaired) electrons. The molecule has 164 valence electrons. The van der Waals surface area contributed by atoms with Crippen molar-refractivity contribution in [1.82, 2.24) is 25.1 Å². The number of pyridine rings is 2. The summed E-state index contributed by atoms with van der Waals surface area (Å²) in [6.07, 6.45) is 11.3. The summed E-state index contributed by atoms with van der Waals surface area (Å²) in [7, 11) is 0. The van der Waals surface area contributed by atoms with Crippen LogP contribution in [0.25, 0.3) is 0 Å². The van der Waals surface area contributed by atoms with Gasteiger partial charge in [-0.25, -0.2) is 0 Å². The second kappa shape index (κ2) is 10.5. The Labute approximate surface area is 183 Å². The molecule has 1 N–H and O–H groups in total. The van der Waals surface area contributed by atoms with Crippen molar-refractivity contribution in [2.45, 2.75) is 44.7 Å². The van der Waals surface area contributed by atoms with Crippen LogP contribution < -0.4 is 5.32 Å². The van der Waals surface area contributed by atoms with E-state index in [1.54, 1.807) is 24.8 Å². The van der Waals surface area contributed by atoms with Gasteiger partial charge in [-0.2, -0.15) is 0 Å².